The zero-order valence-electron chi connectivity index (χ0n) is 6.85. The average Bonchev–Trinajstić information content (AvgIpc) is 2.18. The maximum absolute atomic E-state index is 11.4. The van der Waals surface area contributed by atoms with E-state index in [4.69, 9.17) is 0 Å². The Bertz CT molecular complexity index is 454. The molecule has 0 bridgehead atoms. The fourth-order valence-electron chi connectivity index (χ4n) is 0.985. The maximum atomic E-state index is 11.4. The Morgan fingerprint density at radius 1 is 1.46 bits per heavy atom. The van der Waals surface area contributed by atoms with Crippen molar-refractivity contribution in [3.8, 4) is 11.3 Å². The highest BCUT2D eigenvalue weighted by molar-refractivity contribution is 7.98. The van der Waals surface area contributed by atoms with Gasteiger partial charge < -0.3 is 0 Å². The van der Waals surface area contributed by atoms with Crippen molar-refractivity contribution in [3.05, 3.63) is 27.2 Å². The molecule has 0 N–H and O–H groups in total. The molecule has 0 unspecified atom stereocenters. The van der Waals surface area contributed by atoms with Crippen LogP contribution in [0.2, 0.25) is 0 Å². The minimum Gasteiger partial charge on any atom is -0.267 e. The molecule has 2 aliphatic rings. The van der Waals surface area contributed by atoms with Crippen LogP contribution in [0.15, 0.2) is 26.8 Å². The summed E-state index contributed by atoms with van der Waals surface area (Å²) < 4.78 is 0. The Hall–Kier alpha value is -0.940. The van der Waals surface area contributed by atoms with E-state index in [1.807, 2.05) is 17.7 Å². The van der Waals surface area contributed by atoms with Gasteiger partial charge in [0.05, 0.1) is 11.3 Å². The summed E-state index contributed by atoms with van der Waals surface area (Å²) in [7, 11) is 0. The maximum Gasteiger partial charge on any atom is 0.282 e. The van der Waals surface area contributed by atoms with Crippen molar-refractivity contribution < 1.29 is 0 Å². The Kier molecular flexibility index (Phi) is 2.28. The fourth-order valence-corrected chi connectivity index (χ4v) is 1.99. The molecule has 0 aliphatic carbocycles. The van der Waals surface area contributed by atoms with Crippen molar-refractivity contribution in [2.45, 2.75) is 5.16 Å². The molecule has 0 saturated carbocycles. The second-order valence-corrected chi connectivity index (χ2v) is 3.92. The van der Waals surface area contributed by atoms with Gasteiger partial charge in [0.25, 0.3) is 5.56 Å². The first-order valence-corrected chi connectivity index (χ1v) is 5.76. The van der Waals surface area contributed by atoms with Gasteiger partial charge in [-0.05, 0) is 17.7 Å². The van der Waals surface area contributed by atoms with Gasteiger partial charge in [0.15, 0.2) is 5.16 Å². The number of rotatable bonds is 1. The van der Waals surface area contributed by atoms with E-state index in [0.717, 1.165) is 5.69 Å². The van der Waals surface area contributed by atoms with Gasteiger partial charge in [-0.25, -0.2) is 4.98 Å². The Morgan fingerprint density at radius 3 is 3.08 bits per heavy atom. The van der Waals surface area contributed by atoms with Gasteiger partial charge in [-0.1, -0.05) is 11.8 Å². The van der Waals surface area contributed by atoms with Gasteiger partial charge in [-0.3, -0.25) is 4.79 Å². The van der Waals surface area contributed by atoms with E-state index in [1.54, 1.807) is 5.38 Å². The molecular formula is C8H6N2OS2. The second-order valence-electron chi connectivity index (χ2n) is 2.37. The van der Waals surface area contributed by atoms with Crippen molar-refractivity contribution in [2.75, 3.05) is 6.26 Å². The highest BCUT2D eigenvalue weighted by Crippen LogP contribution is 2.18. The van der Waals surface area contributed by atoms with Gasteiger partial charge in [0.1, 0.15) is 0 Å². The van der Waals surface area contributed by atoms with Crippen LogP contribution in [0.5, 0.6) is 0 Å². The van der Waals surface area contributed by atoms with Gasteiger partial charge in [0, 0.05) is 5.38 Å². The largest absolute Gasteiger partial charge is 0.282 e. The average molecular weight is 210 g/mol. The molecule has 0 aromatic rings. The third-order valence-corrected chi connectivity index (χ3v) is 2.81. The Morgan fingerprint density at radius 2 is 2.31 bits per heavy atom. The lowest BCUT2D eigenvalue weighted by Gasteiger charge is -2.01. The summed E-state index contributed by atoms with van der Waals surface area (Å²) in [6.45, 7) is 0. The minimum atomic E-state index is -0.189. The first kappa shape index (κ1) is 8.65. The lowest BCUT2D eigenvalue weighted by atomic mass is 10.2. The predicted octanol–water partition coefficient (Wildman–Crippen LogP) is 1.72. The zero-order chi connectivity index (χ0) is 9.26. The van der Waals surface area contributed by atoms with E-state index >= 15 is 0 Å². The van der Waals surface area contributed by atoms with Crippen molar-refractivity contribution >= 4 is 23.1 Å². The van der Waals surface area contributed by atoms with E-state index in [9.17, 15) is 4.79 Å². The standard InChI is InChI=1S/C8H6N2OS2/c1-12-8-9-6-2-3-13-4-5(6)7(11)10-8/h2-4H,1H3. The number of nitrogens with zero attached hydrogens (tertiary/aromatic N) is 2. The molecule has 0 radical (unpaired) electrons. The summed E-state index contributed by atoms with van der Waals surface area (Å²) in [5, 5.41) is 4.22. The lowest BCUT2D eigenvalue weighted by Crippen LogP contribution is -2.12. The van der Waals surface area contributed by atoms with Crippen LogP contribution < -0.4 is 5.56 Å². The summed E-state index contributed by atoms with van der Waals surface area (Å²) in [6.07, 6.45) is 1.85. The van der Waals surface area contributed by atoms with Gasteiger partial charge in [0.2, 0.25) is 0 Å². The molecule has 3 nitrogen and oxygen atoms in total. The zero-order valence-corrected chi connectivity index (χ0v) is 8.48. The van der Waals surface area contributed by atoms with E-state index in [-0.39, 0.29) is 5.56 Å². The molecule has 66 valence electrons. The smallest absolute Gasteiger partial charge is 0.267 e. The van der Waals surface area contributed by atoms with Crippen LogP contribution in [0.1, 0.15) is 0 Å². The second kappa shape index (κ2) is 3.43. The molecule has 2 heterocycles. The molecule has 0 fully saturated rings. The number of hydrogen-bond acceptors (Lipinski definition) is 5. The monoisotopic (exact) mass is 210 g/mol. The van der Waals surface area contributed by atoms with E-state index < -0.39 is 0 Å². The van der Waals surface area contributed by atoms with Crippen LogP contribution in [0.25, 0.3) is 11.3 Å². The Balaban J connectivity index is 2.77. The van der Waals surface area contributed by atoms with Crippen molar-refractivity contribution in [2.24, 2.45) is 0 Å². The number of aromatic nitrogens is 2. The fraction of sp³-hybridized carbons (Fsp3) is 0.125. The number of hydrogen-bond donors (Lipinski definition) is 0. The van der Waals surface area contributed by atoms with E-state index in [0.29, 0.717) is 10.7 Å². The van der Waals surface area contributed by atoms with Crippen molar-refractivity contribution in [1.29, 1.82) is 0 Å². The molecule has 0 amide bonds. The quantitative estimate of drug-likeness (QED) is 0.531. The van der Waals surface area contributed by atoms with Crippen LogP contribution in [0.4, 0.5) is 0 Å². The summed E-state index contributed by atoms with van der Waals surface area (Å²) in [5.41, 5.74) is 1.14. The first-order chi connectivity index (χ1) is 6.31. The highest BCUT2D eigenvalue weighted by Gasteiger charge is 2.09. The molecule has 0 spiro atoms. The molecule has 0 aromatic carbocycles. The first-order valence-electron chi connectivity index (χ1n) is 3.59. The number of thioether (sulfide) groups is 1. The van der Waals surface area contributed by atoms with Crippen LogP contribution in [0, 0.1) is 0 Å². The van der Waals surface area contributed by atoms with Crippen LogP contribution in [-0.2, 0) is 0 Å². The van der Waals surface area contributed by atoms with Gasteiger partial charge in [-0.15, -0.1) is 0 Å². The summed E-state index contributed by atoms with van der Waals surface area (Å²) in [6, 6.07) is 1.84. The molecule has 13 heavy (non-hydrogen) atoms. The molecule has 2 aliphatic heterocycles. The normalized spacial score (nSPS) is 10.5. The van der Waals surface area contributed by atoms with E-state index in [2.05, 4.69) is 9.97 Å². The lowest BCUT2D eigenvalue weighted by molar-refractivity contribution is 0.945. The molecule has 0 atom stereocenters. The SMILES string of the molecule is CSc1nc2ccscc-2c(=O)n1. The minimum absolute atomic E-state index is 0.189. The van der Waals surface area contributed by atoms with Crippen molar-refractivity contribution in [3.63, 3.8) is 0 Å². The van der Waals surface area contributed by atoms with Crippen LogP contribution >= 0.6 is 23.1 Å². The van der Waals surface area contributed by atoms with E-state index in [1.165, 1.54) is 23.1 Å². The molecule has 5 heteroatoms. The molecule has 2 rings (SSSR count). The summed E-state index contributed by atoms with van der Waals surface area (Å²) >= 11 is 2.85. The molecule has 0 aromatic heterocycles. The third kappa shape index (κ3) is 1.57. The molecule has 0 saturated heterocycles. The Labute approximate surface area is 83.2 Å². The summed E-state index contributed by atoms with van der Waals surface area (Å²) in [5.74, 6) is 0. The van der Waals surface area contributed by atoms with Crippen molar-refractivity contribution in [1.82, 2.24) is 9.97 Å². The van der Waals surface area contributed by atoms with Gasteiger partial charge in [-0.2, -0.15) is 16.3 Å². The van der Waals surface area contributed by atoms with Crippen LogP contribution in [-0.4, -0.2) is 16.2 Å². The third-order valence-electron chi connectivity index (χ3n) is 1.59. The van der Waals surface area contributed by atoms with Crippen LogP contribution in [0.3, 0.4) is 0 Å². The van der Waals surface area contributed by atoms with Gasteiger partial charge >= 0.3 is 0 Å². The summed E-state index contributed by atoms with van der Waals surface area (Å²) in [4.78, 5) is 19.4. The number of fused-ring (bicyclic) bond motifs is 1. The molecular weight excluding hydrogens is 204 g/mol. The topological polar surface area (TPSA) is 42.9 Å². The predicted molar refractivity (Wildman–Crippen MR) is 54.6 cm³/mol. The highest BCUT2D eigenvalue weighted by atomic mass is 32.2.